The van der Waals surface area contributed by atoms with Gasteiger partial charge in [0, 0.05) is 18.9 Å². The zero-order chi connectivity index (χ0) is 20.1. The van der Waals surface area contributed by atoms with Crippen molar-refractivity contribution in [3.63, 3.8) is 0 Å². The van der Waals surface area contributed by atoms with Gasteiger partial charge in [0.2, 0.25) is 0 Å². The molecule has 2 heterocycles. The van der Waals surface area contributed by atoms with E-state index in [4.69, 9.17) is 8.94 Å². The molecule has 3 aromatic rings. The van der Waals surface area contributed by atoms with Gasteiger partial charge >= 0.3 is 11.8 Å². The first-order chi connectivity index (χ1) is 13.3. The van der Waals surface area contributed by atoms with Crippen LogP contribution in [0.1, 0.15) is 34.8 Å². The van der Waals surface area contributed by atoms with Crippen LogP contribution in [-0.4, -0.2) is 36.3 Å². The molecule has 0 aliphatic rings. The number of benzene rings is 1. The Morgan fingerprint density at radius 2 is 1.96 bits per heavy atom. The fourth-order valence-corrected chi connectivity index (χ4v) is 3.84. The number of hydrogen-bond donors (Lipinski definition) is 1. The van der Waals surface area contributed by atoms with E-state index in [-0.39, 0.29) is 34.8 Å². The minimum atomic E-state index is -3.47. The third kappa shape index (κ3) is 5.07. The van der Waals surface area contributed by atoms with E-state index in [0.717, 1.165) is 11.3 Å². The Morgan fingerprint density at radius 3 is 2.64 bits per heavy atom. The molecule has 8 nitrogen and oxygen atoms in total. The van der Waals surface area contributed by atoms with Gasteiger partial charge in [-0.25, -0.2) is 8.42 Å². The number of carbonyl (C=O) groups excluding carboxylic acids is 1. The summed E-state index contributed by atoms with van der Waals surface area (Å²) in [6.07, 6.45) is 2.14. The minimum Gasteiger partial charge on any atom is -0.469 e. The number of furan rings is 1. The van der Waals surface area contributed by atoms with Gasteiger partial charge in [0.05, 0.1) is 16.9 Å². The van der Waals surface area contributed by atoms with Crippen molar-refractivity contribution in [2.24, 2.45) is 0 Å². The maximum atomic E-state index is 12.4. The quantitative estimate of drug-likeness (QED) is 0.614. The molecule has 0 spiro atoms. The lowest BCUT2D eigenvalue weighted by Gasteiger charge is -2.10. The van der Waals surface area contributed by atoms with Gasteiger partial charge < -0.3 is 14.3 Å². The SMILES string of the molecule is Cc1ccc(S(=O)(=O)CCc2noc(C(=O)NC(C)Cc3ccco3)n2)cc1. The van der Waals surface area contributed by atoms with Crippen LogP contribution in [0.15, 0.2) is 56.5 Å². The van der Waals surface area contributed by atoms with E-state index in [9.17, 15) is 13.2 Å². The predicted octanol–water partition coefficient (Wildman–Crippen LogP) is 2.35. The van der Waals surface area contributed by atoms with Crippen LogP contribution in [0.2, 0.25) is 0 Å². The van der Waals surface area contributed by atoms with Gasteiger partial charge in [0.15, 0.2) is 15.7 Å². The number of rotatable bonds is 8. The van der Waals surface area contributed by atoms with Gasteiger partial charge in [-0.2, -0.15) is 4.98 Å². The lowest BCUT2D eigenvalue weighted by Crippen LogP contribution is -2.34. The maximum Gasteiger partial charge on any atom is 0.315 e. The molecule has 0 aliphatic carbocycles. The van der Waals surface area contributed by atoms with Crippen molar-refractivity contribution in [2.45, 2.75) is 37.6 Å². The Balaban J connectivity index is 1.56. The highest BCUT2D eigenvalue weighted by atomic mass is 32.2. The molecule has 9 heteroatoms. The molecule has 0 bridgehead atoms. The van der Waals surface area contributed by atoms with Crippen LogP contribution in [0.25, 0.3) is 0 Å². The largest absolute Gasteiger partial charge is 0.469 e. The molecule has 0 saturated heterocycles. The molecule has 2 aromatic heterocycles. The molecule has 3 rings (SSSR count). The number of sulfone groups is 1. The molecule has 0 aliphatic heterocycles. The first-order valence-electron chi connectivity index (χ1n) is 8.79. The number of hydrogen-bond acceptors (Lipinski definition) is 7. The second-order valence-corrected chi connectivity index (χ2v) is 8.66. The lowest BCUT2D eigenvalue weighted by molar-refractivity contribution is 0.0895. The summed E-state index contributed by atoms with van der Waals surface area (Å²) in [6.45, 7) is 3.71. The van der Waals surface area contributed by atoms with E-state index in [1.165, 1.54) is 0 Å². The maximum absolute atomic E-state index is 12.4. The standard InChI is InChI=1S/C19H21N3O5S/c1-13-5-7-16(8-6-13)28(24,25)11-9-17-21-19(27-22-17)18(23)20-14(2)12-15-4-3-10-26-15/h3-8,10,14H,9,11-12H2,1-2H3,(H,20,23). The summed E-state index contributed by atoms with van der Waals surface area (Å²) in [4.78, 5) is 16.4. The first-order valence-corrected chi connectivity index (χ1v) is 10.4. The normalized spacial score (nSPS) is 12.6. The number of amides is 1. The molecule has 148 valence electrons. The van der Waals surface area contributed by atoms with Crippen molar-refractivity contribution in [1.82, 2.24) is 15.5 Å². The van der Waals surface area contributed by atoms with E-state index in [1.807, 2.05) is 19.9 Å². The molecule has 1 unspecified atom stereocenters. The Hall–Kier alpha value is -2.94. The van der Waals surface area contributed by atoms with Crippen LogP contribution in [0.3, 0.4) is 0 Å². The Labute approximate surface area is 162 Å². The van der Waals surface area contributed by atoms with Gasteiger partial charge in [-0.15, -0.1) is 0 Å². The van der Waals surface area contributed by atoms with Crippen molar-refractivity contribution in [2.75, 3.05) is 5.75 Å². The van der Waals surface area contributed by atoms with Crippen LogP contribution < -0.4 is 5.32 Å². The van der Waals surface area contributed by atoms with Crippen molar-refractivity contribution < 1.29 is 22.2 Å². The van der Waals surface area contributed by atoms with E-state index < -0.39 is 15.7 Å². The summed E-state index contributed by atoms with van der Waals surface area (Å²) in [5, 5.41) is 6.44. The molecule has 1 aromatic carbocycles. The second kappa shape index (κ2) is 8.39. The Kier molecular flexibility index (Phi) is 5.93. The molecule has 1 N–H and O–H groups in total. The highest BCUT2D eigenvalue weighted by Gasteiger charge is 2.20. The van der Waals surface area contributed by atoms with Gasteiger partial charge in [-0.3, -0.25) is 4.79 Å². The highest BCUT2D eigenvalue weighted by molar-refractivity contribution is 7.91. The second-order valence-electron chi connectivity index (χ2n) is 6.56. The number of aryl methyl sites for hydroxylation is 2. The number of carbonyl (C=O) groups is 1. The van der Waals surface area contributed by atoms with Crippen LogP contribution in [-0.2, 0) is 22.7 Å². The smallest absolute Gasteiger partial charge is 0.315 e. The van der Waals surface area contributed by atoms with Crippen molar-refractivity contribution in [3.8, 4) is 0 Å². The molecule has 0 saturated carbocycles. The topological polar surface area (TPSA) is 115 Å². The van der Waals surface area contributed by atoms with E-state index in [0.29, 0.717) is 6.42 Å². The Bertz CT molecular complexity index is 1020. The summed E-state index contributed by atoms with van der Waals surface area (Å²) in [6, 6.07) is 10.0. The average molecular weight is 403 g/mol. The Morgan fingerprint density at radius 1 is 1.21 bits per heavy atom. The van der Waals surface area contributed by atoms with E-state index >= 15 is 0 Å². The molecule has 0 fully saturated rings. The average Bonchev–Trinajstić information content (AvgIpc) is 3.32. The van der Waals surface area contributed by atoms with E-state index in [1.54, 1.807) is 36.6 Å². The van der Waals surface area contributed by atoms with Crippen LogP contribution >= 0.6 is 0 Å². The zero-order valence-electron chi connectivity index (χ0n) is 15.6. The van der Waals surface area contributed by atoms with Crippen LogP contribution in [0.5, 0.6) is 0 Å². The van der Waals surface area contributed by atoms with Crippen molar-refractivity contribution in [1.29, 1.82) is 0 Å². The monoisotopic (exact) mass is 403 g/mol. The highest BCUT2D eigenvalue weighted by Crippen LogP contribution is 2.13. The summed E-state index contributed by atoms with van der Waals surface area (Å²) in [5.41, 5.74) is 0.981. The summed E-state index contributed by atoms with van der Waals surface area (Å²) in [7, 11) is -3.47. The molecule has 0 radical (unpaired) electrons. The fourth-order valence-electron chi connectivity index (χ4n) is 2.60. The predicted molar refractivity (Wildman–Crippen MR) is 101 cm³/mol. The molecular weight excluding hydrogens is 382 g/mol. The van der Waals surface area contributed by atoms with Crippen LogP contribution in [0, 0.1) is 6.92 Å². The third-order valence-corrected chi connectivity index (χ3v) is 5.83. The first kappa shape index (κ1) is 19.8. The van der Waals surface area contributed by atoms with E-state index in [2.05, 4.69) is 15.5 Å². The number of nitrogens with zero attached hydrogens (tertiary/aromatic N) is 2. The zero-order valence-corrected chi connectivity index (χ0v) is 16.4. The third-order valence-electron chi connectivity index (χ3n) is 4.10. The fraction of sp³-hybridized carbons (Fsp3) is 0.316. The number of aromatic nitrogens is 2. The molecule has 28 heavy (non-hydrogen) atoms. The number of nitrogens with one attached hydrogen (secondary N) is 1. The van der Waals surface area contributed by atoms with Crippen molar-refractivity contribution in [3.05, 3.63) is 65.7 Å². The van der Waals surface area contributed by atoms with Crippen LogP contribution in [0.4, 0.5) is 0 Å². The van der Waals surface area contributed by atoms with Crippen molar-refractivity contribution >= 4 is 15.7 Å². The summed E-state index contributed by atoms with van der Waals surface area (Å²) >= 11 is 0. The lowest BCUT2D eigenvalue weighted by atomic mass is 10.2. The molecular formula is C19H21N3O5S. The minimum absolute atomic E-state index is 0.0505. The van der Waals surface area contributed by atoms with Gasteiger partial charge in [-0.1, -0.05) is 22.9 Å². The molecule has 1 atom stereocenters. The molecule has 1 amide bonds. The summed E-state index contributed by atoms with van der Waals surface area (Å²) in [5.74, 6) is 0.0269. The van der Waals surface area contributed by atoms with Gasteiger partial charge in [0.25, 0.3) is 0 Å². The summed E-state index contributed by atoms with van der Waals surface area (Å²) < 4.78 is 35.0. The van der Waals surface area contributed by atoms with Gasteiger partial charge in [0.1, 0.15) is 5.76 Å². The van der Waals surface area contributed by atoms with Gasteiger partial charge in [-0.05, 0) is 38.1 Å².